The van der Waals surface area contributed by atoms with Gasteiger partial charge in [0.05, 0.1) is 17.1 Å². The molecule has 0 spiro atoms. The van der Waals surface area contributed by atoms with Gasteiger partial charge in [0.2, 0.25) is 5.91 Å². The predicted octanol–water partition coefficient (Wildman–Crippen LogP) is 0.684. The third-order valence-electron chi connectivity index (χ3n) is 3.93. The van der Waals surface area contributed by atoms with E-state index in [1.54, 1.807) is 4.68 Å². The lowest BCUT2D eigenvalue weighted by atomic mass is 10.1. The van der Waals surface area contributed by atoms with Crippen molar-refractivity contribution in [3.8, 4) is 0 Å². The van der Waals surface area contributed by atoms with Crippen molar-refractivity contribution >= 4 is 11.6 Å². The maximum Gasteiger partial charge on any atom is 0.241 e. The monoisotopic (exact) mass is 279 g/mol. The summed E-state index contributed by atoms with van der Waals surface area (Å²) in [6.07, 6.45) is 3.89. The summed E-state index contributed by atoms with van der Waals surface area (Å²) in [5.74, 6) is -0.00684. The van der Waals surface area contributed by atoms with Crippen LogP contribution in [0.25, 0.3) is 0 Å². The Balaban J connectivity index is 1.73. The van der Waals surface area contributed by atoms with Crippen LogP contribution in [0.3, 0.4) is 0 Å². The van der Waals surface area contributed by atoms with E-state index >= 15 is 0 Å². The number of piperidine rings is 1. The summed E-state index contributed by atoms with van der Waals surface area (Å²) in [7, 11) is 0. The van der Waals surface area contributed by atoms with Crippen LogP contribution in [0, 0.1) is 13.8 Å². The average molecular weight is 279 g/mol. The molecule has 20 heavy (non-hydrogen) atoms. The third-order valence-corrected chi connectivity index (χ3v) is 3.93. The molecule has 0 aliphatic carbocycles. The number of nitrogens with one attached hydrogen (secondary N) is 1. The number of aryl methyl sites for hydroxylation is 1. The number of likely N-dealkylation sites (tertiary alicyclic amines) is 1. The van der Waals surface area contributed by atoms with Gasteiger partial charge in [-0.15, -0.1) is 0 Å². The van der Waals surface area contributed by atoms with E-state index in [0.717, 1.165) is 31.0 Å². The normalized spacial score (nSPS) is 16.3. The minimum atomic E-state index is -0.00684. The van der Waals surface area contributed by atoms with E-state index in [1.165, 1.54) is 19.3 Å². The van der Waals surface area contributed by atoms with Crippen LogP contribution >= 0.6 is 0 Å². The van der Waals surface area contributed by atoms with Gasteiger partial charge in [-0.25, -0.2) is 0 Å². The summed E-state index contributed by atoms with van der Waals surface area (Å²) in [5, 5.41) is 7.22. The number of hydrogen-bond acceptors (Lipinski definition) is 4. The molecular weight excluding hydrogens is 254 g/mol. The highest BCUT2D eigenvalue weighted by Crippen LogP contribution is 2.14. The van der Waals surface area contributed by atoms with Crippen molar-refractivity contribution in [2.24, 2.45) is 0 Å². The molecular formula is C14H25N5O. The predicted molar refractivity (Wildman–Crippen MR) is 79.4 cm³/mol. The fourth-order valence-electron chi connectivity index (χ4n) is 2.59. The lowest BCUT2D eigenvalue weighted by molar-refractivity contribution is -0.121. The van der Waals surface area contributed by atoms with Gasteiger partial charge in [0.1, 0.15) is 6.54 Å². The van der Waals surface area contributed by atoms with Crippen molar-refractivity contribution in [1.29, 1.82) is 0 Å². The molecule has 1 aromatic rings. The Kier molecular flexibility index (Phi) is 5.00. The van der Waals surface area contributed by atoms with Gasteiger partial charge in [0.25, 0.3) is 0 Å². The molecule has 6 nitrogen and oxygen atoms in total. The number of nitrogens with two attached hydrogens (primary N) is 1. The molecule has 3 N–H and O–H groups in total. The van der Waals surface area contributed by atoms with Crippen molar-refractivity contribution in [3.63, 3.8) is 0 Å². The molecule has 112 valence electrons. The summed E-state index contributed by atoms with van der Waals surface area (Å²) >= 11 is 0. The molecule has 1 saturated heterocycles. The summed E-state index contributed by atoms with van der Waals surface area (Å²) in [6, 6.07) is 0. The highest BCUT2D eigenvalue weighted by atomic mass is 16.2. The van der Waals surface area contributed by atoms with Crippen molar-refractivity contribution in [2.45, 2.75) is 39.7 Å². The van der Waals surface area contributed by atoms with E-state index in [-0.39, 0.29) is 12.5 Å². The highest BCUT2D eigenvalue weighted by molar-refractivity contribution is 5.75. The first kappa shape index (κ1) is 14.8. The first-order chi connectivity index (χ1) is 9.58. The second-order valence-corrected chi connectivity index (χ2v) is 5.49. The molecule has 0 aromatic carbocycles. The topological polar surface area (TPSA) is 76.2 Å². The number of hydrogen-bond donors (Lipinski definition) is 2. The Hall–Kier alpha value is -1.56. The van der Waals surface area contributed by atoms with E-state index in [1.807, 2.05) is 13.8 Å². The van der Waals surface area contributed by atoms with Crippen molar-refractivity contribution in [1.82, 2.24) is 20.0 Å². The molecule has 0 bridgehead atoms. The summed E-state index contributed by atoms with van der Waals surface area (Å²) in [6.45, 7) is 7.93. The quantitative estimate of drug-likeness (QED) is 0.831. The second kappa shape index (κ2) is 6.74. The highest BCUT2D eigenvalue weighted by Gasteiger charge is 2.12. The minimum Gasteiger partial charge on any atom is -0.396 e. The first-order valence-electron chi connectivity index (χ1n) is 7.36. The summed E-state index contributed by atoms with van der Waals surface area (Å²) in [5.41, 5.74) is 8.16. The smallest absolute Gasteiger partial charge is 0.241 e. The van der Waals surface area contributed by atoms with Crippen molar-refractivity contribution in [3.05, 3.63) is 11.4 Å². The average Bonchev–Trinajstić information content (AvgIpc) is 2.67. The molecule has 0 radical (unpaired) electrons. The molecule has 2 heterocycles. The molecule has 6 heteroatoms. The van der Waals surface area contributed by atoms with Gasteiger partial charge in [-0.05, 0) is 39.8 Å². The number of aromatic nitrogens is 2. The van der Waals surface area contributed by atoms with E-state index in [4.69, 9.17) is 5.73 Å². The van der Waals surface area contributed by atoms with Gasteiger partial charge in [-0.3, -0.25) is 9.48 Å². The minimum absolute atomic E-state index is 0.00684. The summed E-state index contributed by atoms with van der Waals surface area (Å²) < 4.78 is 1.67. The van der Waals surface area contributed by atoms with Crippen LogP contribution in [-0.4, -0.2) is 46.8 Å². The van der Waals surface area contributed by atoms with E-state index in [2.05, 4.69) is 15.3 Å². The zero-order valence-corrected chi connectivity index (χ0v) is 12.5. The lowest BCUT2D eigenvalue weighted by Gasteiger charge is -2.26. The van der Waals surface area contributed by atoms with Gasteiger partial charge >= 0.3 is 0 Å². The maximum atomic E-state index is 11.9. The van der Waals surface area contributed by atoms with Crippen LogP contribution < -0.4 is 11.1 Å². The maximum absolute atomic E-state index is 11.9. The van der Waals surface area contributed by atoms with E-state index < -0.39 is 0 Å². The largest absolute Gasteiger partial charge is 0.396 e. The van der Waals surface area contributed by atoms with Crippen LogP contribution in [-0.2, 0) is 11.3 Å². The van der Waals surface area contributed by atoms with Crippen LogP contribution in [0.4, 0.5) is 5.69 Å². The fraction of sp³-hybridized carbons (Fsp3) is 0.714. The third kappa shape index (κ3) is 3.72. The number of carbonyl (C=O) groups excluding carboxylic acids is 1. The number of rotatable bonds is 5. The fourth-order valence-corrected chi connectivity index (χ4v) is 2.59. The van der Waals surface area contributed by atoms with Crippen molar-refractivity contribution < 1.29 is 4.79 Å². The number of carbonyl (C=O) groups is 1. The molecule has 1 fully saturated rings. The summed E-state index contributed by atoms with van der Waals surface area (Å²) in [4.78, 5) is 14.3. The molecule has 1 aliphatic rings. The van der Waals surface area contributed by atoms with Crippen LogP contribution in [0.5, 0.6) is 0 Å². The lowest BCUT2D eigenvalue weighted by Crippen LogP contribution is -2.38. The Morgan fingerprint density at radius 2 is 2.00 bits per heavy atom. The van der Waals surface area contributed by atoms with E-state index in [0.29, 0.717) is 12.2 Å². The van der Waals surface area contributed by atoms with E-state index in [9.17, 15) is 4.79 Å². The molecule has 1 aromatic heterocycles. The molecule has 2 rings (SSSR count). The van der Waals surface area contributed by atoms with Crippen LogP contribution in [0.2, 0.25) is 0 Å². The molecule has 1 amide bonds. The number of anilines is 1. The Morgan fingerprint density at radius 3 is 2.60 bits per heavy atom. The Bertz CT molecular complexity index is 462. The standard InChI is InChI=1S/C14H25N5O/c1-11-14(15)12(2)19(17-11)10-13(20)16-6-9-18-7-4-3-5-8-18/h3-10,15H2,1-2H3,(H,16,20). The number of nitrogen functional groups attached to an aromatic ring is 1. The Morgan fingerprint density at radius 1 is 1.30 bits per heavy atom. The van der Waals surface area contributed by atoms with Crippen molar-refractivity contribution in [2.75, 3.05) is 31.9 Å². The zero-order chi connectivity index (χ0) is 14.5. The van der Waals surface area contributed by atoms with Gasteiger partial charge < -0.3 is 16.0 Å². The molecule has 1 aliphatic heterocycles. The second-order valence-electron chi connectivity index (χ2n) is 5.49. The zero-order valence-electron chi connectivity index (χ0n) is 12.5. The SMILES string of the molecule is Cc1nn(CC(=O)NCCN2CCCCC2)c(C)c1N. The van der Waals surface area contributed by atoms with Gasteiger partial charge in [-0.2, -0.15) is 5.10 Å². The molecule has 0 saturated carbocycles. The first-order valence-corrected chi connectivity index (χ1v) is 7.36. The van der Waals surface area contributed by atoms with Gasteiger partial charge in [0, 0.05) is 13.1 Å². The number of nitrogens with zero attached hydrogens (tertiary/aromatic N) is 3. The van der Waals surface area contributed by atoms with Crippen LogP contribution in [0.15, 0.2) is 0 Å². The van der Waals surface area contributed by atoms with Crippen LogP contribution in [0.1, 0.15) is 30.7 Å². The molecule has 0 unspecified atom stereocenters. The molecule has 0 atom stereocenters. The van der Waals surface area contributed by atoms with Gasteiger partial charge in [-0.1, -0.05) is 6.42 Å². The Labute approximate surface area is 120 Å². The number of amides is 1. The van der Waals surface area contributed by atoms with Gasteiger partial charge in [0.15, 0.2) is 0 Å².